The second-order valence-electron chi connectivity index (χ2n) is 7.44. The predicted molar refractivity (Wildman–Crippen MR) is 99.7 cm³/mol. The van der Waals surface area contributed by atoms with Gasteiger partial charge in [-0.3, -0.25) is 4.79 Å². The van der Waals surface area contributed by atoms with E-state index in [2.05, 4.69) is 27.0 Å². The molecule has 5 nitrogen and oxygen atoms in total. The molecule has 0 radical (unpaired) electrons. The molecule has 6 heteroatoms. The van der Waals surface area contributed by atoms with Crippen LogP contribution in [0, 0.1) is 5.41 Å². The molecule has 0 unspecified atom stereocenters. The lowest BCUT2D eigenvalue weighted by Gasteiger charge is -2.30. The number of fused-ring (bicyclic) bond motifs is 1. The van der Waals surface area contributed by atoms with Crippen molar-refractivity contribution < 1.29 is 14.3 Å². The van der Waals surface area contributed by atoms with Crippen LogP contribution in [0.4, 0.5) is 0 Å². The SMILES string of the molecule is O=C(c1cccc2c1OCO2)N(Cc1ccsc1)[C@@H]1CC12CCNCC2. The van der Waals surface area contributed by atoms with Gasteiger partial charge in [0.25, 0.3) is 5.91 Å². The van der Waals surface area contributed by atoms with Crippen LogP contribution in [0.15, 0.2) is 35.0 Å². The first-order chi connectivity index (χ1) is 12.8. The van der Waals surface area contributed by atoms with E-state index in [-0.39, 0.29) is 12.7 Å². The predicted octanol–water partition coefficient (Wildman–Crippen LogP) is 3.26. The minimum Gasteiger partial charge on any atom is -0.454 e. The zero-order valence-electron chi connectivity index (χ0n) is 14.6. The number of hydrogen-bond donors (Lipinski definition) is 1. The molecule has 1 spiro atoms. The van der Waals surface area contributed by atoms with Gasteiger partial charge in [0.1, 0.15) is 0 Å². The summed E-state index contributed by atoms with van der Waals surface area (Å²) >= 11 is 1.68. The molecule has 5 rings (SSSR count). The Labute approximate surface area is 156 Å². The Morgan fingerprint density at radius 3 is 2.96 bits per heavy atom. The Hall–Kier alpha value is -2.05. The number of ether oxygens (including phenoxy) is 2. The van der Waals surface area contributed by atoms with Gasteiger partial charge < -0.3 is 19.7 Å². The molecule has 1 amide bonds. The lowest BCUT2D eigenvalue weighted by molar-refractivity contribution is 0.0688. The van der Waals surface area contributed by atoms with E-state index >= 15 is 0 Å². The second-order valence-corrected chi connectivity index (χ2v) is 8.22. The third-order valence-electron chi connectivity index (χ3n) is 5.94. The Kier molecular flexibility index (Phi) is 3.90. The van der Waals surface area contributed by atoms with E-state index in [1.54, 1.807) is 11.3 Å². The number of rotatable bonds is 4. The molecule has 1 aromatic heterocycles. The molecule has 26 heavy (non-hydrogen) atoms. The van der Waals surface area contributed by atoms with Crippen LogP contribution in [0.2, 0.25) is 0 Å². The van der Waals surface area contributed by atoms with Gasteiger partial charge in [0.15, 0.2) is 11.5 Å². The van der Waals surface area contributed by atoms with E-state index in [9.17, 15) is 4.79 Å². The van der Waals surface area contributed by atoms with Gasteiger partial charge in [0.2, 0.25) is 6.79 Å². The monoisotopic (exact) mass is 370 g/mol. The number of hydrogen-bond acceptors (Lipinski definition) is 5. The topological polar surface area (TPSA) is 50.8 Å². The molecule has 136 valence electrons. The number of para-hydroxylation sites is 1. The number of piperidine rings is 1. The molecule has 2 aromatic rings. The molecule has 2 fully saturated rings. The molecular formula is C20H22N2O3S. The third-order valence-corrected chi connectivity index (χ3v) is 6.68. The number of nitrogens with zero attached hydrogens (tertiary/aromatic N) is 1. The molecule has 1 atom stereocenters. The van der Waals surface area contributed by atoms with Crippen LogP contribution >= 0.6 is 11.3 Å². The average molecular weight is 370 g/mol. The first kappa shape index (κ1) is 16.1. The number of amides is 1. The maximum absolute atomic E-state index is 13.5. The largest absolute Gasteiger partial charge is 0.454 e. The quantitative estimate of drug-likeness (QED) is 0.898. The van der Waals surface area contributed by atoms with Gasteiger partial charge in [0.05, 0.1) is 5.56 Å². The van der Waals surface area contributed by atoms with Crippen LogP contribution in [0.5, 0.6) is 11.5 Å². The molecule has 1 aliphatic carbocycles. The highest BCUT2D eigenvalue weighted by Gasteiger charge is 2.58. The van der Waals surface area contributed by atoms with Gasteiger partial charge in [-0.25, -0.2) is 0 Å². The molecule has 1 aromatic carbocycles. The highest BCUT2D eigenvalue weighted by atomic mass is 32.1. The summed E-state index contributed by atoms with van der Waals surface area (Å²) in [5.41, 5.74) is 2.11. The fourth-order valence-electron chi connectivity index (χ4n) is 4.39. The molecule has 1 N–H and O–H groups in total. The maximum atomic E-state index is 13.5. The molecule has 1 saturated carbocycles. The van der Waals surface area contributed by atoms with Crippen molar-refractivity contribution in [3.8, 4) is 11.5 Å². The lowest BCUT2D eigenvalue weighted by Crippen LogP contribution is -2.39. The smallest absolute Gasteiger partial charge is 0.258 e. The van der Waals surface area contributed by atoms with E-state index in [0.717, 1.165) is 32.4 Å². The van der Waals surface area contributed by atoms with Crippen LogP contribution in [-0.4, -0.2) is 36.7 Å². The fourth-order valence-corrected chi connectivity index (χ4v) is 5.04. The van der Waals surface area contributed by atoms with Gasteiger partial charge in [0, 0.05) is 12.6 Å². The summed E-state index contributed by atoms with van der Waals surface area (Å²) in [4.78, 5) is 15.6. The van der Waals surface area contributed by atoms with Gasteiger partial charge in [-0.1, -0.05) is 6.07 Å². The van der Waals surface area contributed by atoms with Gasteiger partial charge >= 0.3 is 0 Å². The second kappa shape index (κ2) is 6.28. The fraction of sp³-hybridized carbons (Fsp3) is 0.450. The molecule has 0 bridgehead atoms. The number of thiophene rings is 1. The zero-order chi connectivity index (χ0) is 17.6. The van der Waals surface area contributed by atoms with Crippen molar-refractivity contribution in [1.82, 2.24) is 10.2 Å². The molecular weight excluding hydrogens is 348 g/mol. The van der Waals surface area contributed by atoms with Crippen molar-refractivity contribution in [3.63, 3.8) is 0 Å². The van der Waals surface area contributed by atoms with E-state index in [1.807, 2.05) is 18.2 Å². The van der Waals surface area contributed by atoms with E-state index in [4.69, 9.17) is 9.47 Å². The Morgan fingerprint density at radius 2 is 2.15 bits per heavy atom. The van der Waals surface area contributed by atoms with Gasteiger partial charge in [-0.05, 0) is 72.3 Å². The van der Waals surface area contributed by atoms with Gasteiger partial charge in [-0.15, -0.1) is 0 Å². The van der Waals surface area contributed by atoms with E-state index in [0.29, 0.717) is 35.1 Å². The standard InChI is InChI=1S/C20H22N2O3S/c23-19(15-2-1-3-16-18(15)25-13-24-16)22(11-14-4-9-26-12-14)17-10-20(17)5-7-21-8-6-20/h1-4,9,12,17,21H,5-8,10-11,13H2/t17-/m1/s1. The highest BCUT2D eigenvalue weighted by molar-refractivity contribution is 7.07. The lowest BCUT2D eigenvalue weighted by atomic mass is 9.93. The summed E-state index contributed by atoms with van der Waals surface area (Å²) < 4.78 is 11.1. The summed E-state index contributed by atoms with van der Waals surface area (Å²) in [7, 11) is 0. The van der Waals surface area contributed by atoms with Crippen molar-refractivity contribution in [2.45, 2.75) is 31.8 Å². The minimum absolute atomic E-state index is 0.0546. The van der Waals surface area contributed by atoms with Crippen LogP contribution in [-0.2, 0) is 6.54 Å². The molecule has 3 heterocycles. The summed E-state index contributed by atoms with van der Waals surface area (Å²) in [5, 5.41) is 7.65. The minimum atomic E-state index is 0.0546. The van der Waals surface area contributed by atoms with Gasteiger partial charge in [-0.2, -0.15) is 11.3 Å². The number of carbonyl (C=O) groups excluding carboxylic acids is 1. The Morgan fingerprint density at radius 1 is 1.27 bits per heavy atom. The Bertz CT molecular complexity index is 814. The van der Waals surface area contributed by atoms with E-state index in [1.165, 1.54) is 5.56 Å². The number of carbonyl (C=O) groups is 1. The first-order valence-electron chi connectivity index (χ1n) is 9.18. The third kappa shape index (κ3) is 2.68. The van der Waals surface area contributed by atoms with Crippen LogP contribution in [0.3, 0.4) is 0 Å². The average Bonchev–Trinajstić information content (AvgIpc) is 3.08. The first-order valence-corrected chi connectivity index (χ1v) is 10.1. The highest BCUT2D eigenvalue weighted by Crippen LogP contribution is 2.56. The van der Waals surface area contributed by atoms with E-state index < -0.39 is 0 Å². The van der Waals surface area contributed by atoms with Crippen LogP contribution in [0.25, 0.3) is 0 Å². The maximum Gasteiger partial charge on any atom is 0.258 e. The summed E-state index contributed by atoms with van der Waals surface area (Å²) in [5.74, 6) is 1.31. The summed E-state index contributed by atoms with van der Waals surface area (Å²) in [6.45, 7) is 2.94. The zero-order valence-corrected chi connectivity index (χ0v) is 15.4. The van der Waals surface area contributed by atoms with Crippen molar-refractivity contribution in [2.24, 2.45) is 5.41 Å². The van der Waals surface area contributed by atoms with Crippen molar-refractivity contribution in [1.29, 1.82) is 0 Å². The van der Waals surface area contributed by atoms with Crippen LogP contribution in [0.1, 0.15) is 35.2 Å². The molecule has 3 aliphatic rings. The summed E-state index contributed by atoms with van der Waals surface area (Å²) in [6, 6.07) is 8.01. The van der Waals surface area contributed by atoms with Crippen molar-refractivity contribution in [2.75, 3.05) is 19.9 Å². The van der Waals surface area contributed by atoms with Crippen molar-refractivity contribution >= 4 is 17.2 Å². The van der Waals surface area contributed by atoms with Crippen molar-refractivity contribution in [3.05, 3.63) is 46.2 Å². The van der Waals surface area contributed by atoms with Crippen LogP contribution < -0.4 is 14.8 Å². The molecule has 1 saturated heterocycles. The Balaban J connectivity index is 1.46. The number of benzene rings is 1. The molecule has 2 aliphatic heterocycles. The summed E-state index contributed by atoms with van der Waals surface area (Å²) in [6.07, 6.45) is 3.41. The number of nitrogens with one attached hydrogen (secondary N) is 1. The normalized spacial score (nSPS) is 22.4.